The van der Waals surface area contributed by atoms with Gasteiger partial charge in [-0.05, 0) is 24.5 Å². The molecule has 1 aliphatic rings. The Labute approximate surface area is 105 Å². The molecule has 0 atom stereocenters. The lowest BCUT2D eigenvalue weighted by Gasteiger charge is -2.26. The van der Waals surface area contributed by atoms with Crippen molar-refractivity contribution in [3.05, 3.63) is 35.4 Å². The fourth-order valence-electron chi connectivity index (χ4n) is 1.93. The molecule has 0 bridgehead atoms. The number of carboxylic acids is 1. The molecule has 1 aromatic rings. The quantitative estimate of drug-likeness (QED) is 0.881. The number of rotatable bonds is 3. The van der Waals surface area contributed by atoms with Crippen LogP contribution < -0.4 is 0 Å². The van der Waals surface area contributed by atoms with E-state index >= 15 is 0 Å². The van der Waals surface area contributed by atoms with Crippen LogP contribution in [0.15, 0.2) is 24.3 Å². The normalized spacial score (nSPS) is 15.4. The van der Waals surface area contributed by atoms with Crippen molar-refractivity contribution >= 4 is 11.9 Å². The maximum Gasteiger partial charge on any atom is 0.335 e. The predicted octanol–water partition coefficient (Wildman–Crippen LogP) is 1.48. The molecule has 0 radical (unpaired) electrons. The first-order chi connectivity index (χ1) is 8.68. The van der Waals surface area contributed by atoms with E-state index in [4.69, 9.17) is 9.94 Å². The lowest BCUT2D eigenvalue weighted by atomic mass is 10.0. The highest BCUT2D eigenvalue weighted by Gasteiger charge is 2.20. The largest absolute Gasteiger partial charge is 0.478 e. The van der Waals surface area contributed by atoms with Crippen molar-refractivity contribution in [3.63, 3.8) is 0 Å². The van der Waals surface area contributed by atoms with E-state index in [-0.39, 0.29) is 17.9 Å². The summed E-state index contributed by atoms with van der Waals surface area (Å²) in [5.41, 5.74) is 0.687. The van der Waals surface area contributed by atoms with Crippen LogP contribution in [-0.2, 0) is 16.1 Å². The van der Waals surface area contributed by atoms with E-state index in [1.807, 2.05) is 0 Å². The zero-order chi connectivity index (χ0) is 13.0. The molecule has 0 saturated carbocycles. The van der Waals surface area contributed by atoms with Gasteiger partial charge in [-0.1, -0.05) is 18.2 Å². The molecular weight excluding hydrogens is 234 g/mol. The van der Waals surface area contributed by atoms with Crippen LogP contribution in [0.1, 0.15) is 28.8 Å². The average molecular weight is 249 g/mol. The van der Waals surface area contributed by atoms with Gasteiger partial charge in [-0.2, -0.15) is 0 Å². The van der Waals surface area contributed by atoms with Crippen LogP contribution in [-0.4, -0.2) is 35.2 Å². The van der Waals surface area contributed by atoms with Gasteiger partial charge >= 0.3 is 5.97 Å². The van der Waals surface area contributed by atoms with Crippen molar-refractivity contribution in [2.24, 2.45) is 0 Å². The molecule has 1 aromatic carbocycles. The lowest BCUT2D eigenvalue weighted by Crippen LogP contribution is -2.36. The second kappa shape index (κ2) is 5.64. The molecule has 0 aromatic heterocycles. The van der Waals surface area contributed by atoms with Crippen molar-refractivity contribution in [3.8, 4) is 0 Å². The second-order valence-corrected chi connectivity index (χ2v) is 4.18. The van der Waals surface area contributed by atoms with Crippen molar-refractivity contribution in [1.29, 1.82) is 0 Å². The number of hydroxylamine groups is 2. The van der Waals surface area contributed by atoms with Crippen molar-refractivity contribution in [2.75, 3.05) is 13.2 Å². The van der Waals surface area contributed by atoms with E-state index in [9.17, 15) is 9.59 Å². The number of aromatic carboxylic acids is 1. The van der Waals surface area contributed by atoms with Crippen LogP contribution in [0.4, 0.5) is 0 Å². The number of amides is 1. The Morgan fingerprint density at radius 3 is 2.72 bits per heavy atom. The lowest BCUT2D eigenvalue weighted by molar-refractivity contribution is -0.196. The van der Waals surface area contributed by atoms with Gasteiger partial charge < -0.3 is 5.11 Å². The molecular formula is C13H15NO4. The highest BCUT2D eigenvalue weighted by Crippen LogP contribution is 2.13. The molecule has 1 fully saturated rings. The average Bonchev–Trinajstić information content (AvgIpc) is 2.40. The van der Waals surface area contributed by atoms with Gasteiger partial charge in [-0.3, -0.25) is 9.63 Å². The van der Waals surface area contributed by atoms with Gasteiger partial charge in [0, 0.05) is 6.54 Å². The molecule has 0 spiro atoms. The van der Waals surface area contributed by atoms with Gasteiger partial charge in [-0.15, -0.1) is 0 Å². The summed E-state index contributed by atoms with van der Waals surface area (Å²) in [6, 6.07) is 6.54. The second-order valence-electron chi connectivity index (χ2n) is 4.18. The summed E-state index contributed by atoms with van der Waals surface area (Å²) >= 11 is 0. The molecule has 1 aliphatic heterocycles. The highest BCUT2D eigenvalue weighted by molar-refractivity contribution is 5.91. The summed E-state index contributed by atoms with van der Waals surface area (Å²) in [4.78, 5) is 28.2. The Hall–Kier alpha value is -1.88. The first-order valence-corrected chi connectivity index (χ1v) is 5.93. The van der Waals surface area contributed by atoms with Gasteiger partial charge in [-0.25, -0.2) is 9.86 Å². The Morgan fingerprint density at radius 2 is 2.06 bits per heavy atom. The molecule has 1 amide bonds. The Balaban J connectivity index is 2.08. The van der Waals surface area contributed by atoms with Crippen LogP contribution in [0.25, 0.3) is 0 Å². The van der Waals surface area contributed by atoms with E-state index in [1.54, 1.807) is 18.2 Å². The number of nitrogens with zero attached hydrogens (tertiary/aromatic N) is 1. The van der Waals surface area contributed by atoms with Gasteiger partial charge in [0.05, 0.1) is 18.6 Å². The minimum Gasteiger partial charge on any atom is -0.478 e. The molecule has 96 valence electrons. The Morgan fingerprint density at radius 1 is 1.28 bits per heavy atom. The molecule has 5 heteroatoms. The van der Waals surface area contributed by atoms with Crippen LogP contribution in [0.5, 0.6) is 0 Å². The smallest absolute Gasteiger partial charge is 0.335 e. The minimum absolute atomic E-state index is 0.0580. The number of carboxylic acid groups (broad SMARTS) is 1. The standard InChI is InChI=1S/C13H15NO4/c15-12(14-7-3-4-8-18-14)9-10-5-1-2-6-11(10)13(16)17/h1-2,5-6H,3-4,7-9H2,(H,16,17). The molecule has 1 heterocycles. The predicted molar refractivity (Wildman–Crippen MR) is 64.0 cm³/mol. The highest BCUT2D eigenvalue weighted by atomic mass is 16.7. The van der Waals surface area contributed by atoms with Gasteiger partial charge in [0.2, 0.25) is 0 Å². The molecule has 5 nitrogen and oxygen atoms in total. The monoisotopic (exact) mass is 249 g/mol. The summed E-state index contributed by atoms with van der Waals surface area (Å²) in [7, 11) is 0. The number of carbonyl (C=O) groups is 2. The number of carbonyl (C=O) groups excluding carboxylic acids is 1. The van der Waals surface area contributed by atoms with E-state index in [0.29, 0.717) is 18.7 Å². The summed E-state index contributed by atoms with van der Waals surface area (Å²) in [6.07, 6.45) is 1.93. The first kappa shape index (κ1) is 12.6. The van der Waals surface area contributed by atoms with Crippen LogP contribution in [0.3, 0.4) is 0 Å². The number of hydrogen-bond donors (Lipinski definition) is 1. The van der Waals surface area contributed by atoms with Crippen molar-refractivity contribution in [2.45, 2.75) is 19.3 Å². The first-order valence-electron chi connectivity index (χ1n) is 5.93. The van der Waals surface area contributed by atoms with Crippen LogP contribution >= 0.6 is 0 Å². The zero-order valence-electron chi connectivity index (χ0n) is 9.96. The van der Waals surface area contributed by atoms with Gasteiger partial charge in [0.15, 0.2) is 0 Å². The van der Waals surface area contributed by atoms with Crippen molar-refractivity contribution < 1.29 is 19.5 Å². The van der Waals surface area contributed by atoms with Crippen LogP contribution in [0, 0.1) is 0 Å². The maximum absolute atomic E-state index is 12.0. The topological polar surface area (TPSA) is 66.8 Å². The molecule has 0 aliphatic carbocycles. The third-order valence-electron chi connectivity index (χ3n) is 2.87. The number of hydrogen-bond acceptors (Lipinski definition) is 3. The van der Waals surface area contributed by atoms with E-state index in [2.05, 4.69) is 0 Å². The van der Waals surface area contributed by atoms with E-state index in [1.165, 1.54) is 11.1 Å². The summed E-state index contributed by atoms with van der Waals surface area (Å²) in [5, 5.41) is 10.4. The maximum atomic E-state index is 12.0. The SMILES string of the molecule is O=C(O)c1ccccc1CC(=O)N1CCCCO1. The fourth-order valence-corrected chi connectivity index (χ4v) is 1.93. The van der Waals surface area contributed by atoms with Crippen LogP contribution in [0.2, 0.25) is 0 Å². The van der Waals surface area contributed by atoms with Gasteiger partial charge in [0.1, 0.15) is 0 Å². The zero-order valence-corrected chi connectivity index (χ0v) is 9.96. The third-order valence-corrected chi connectivity index (χ3v) is 2.87. The molecule has 0 unspecified atom stereocenters. The van der Waals surface area contributed by atoms with Gasteiger partial charge in [0.25, 0.3) is 5.91 Å². The molecule has 18 heavy (non-hydrogen) atoms. The molecule has 1 saturated heterocycles. The summed E-state index contributed by atoms with van der Waals surface area (Å²) in [6.45, 7) is 1.13. The summed E-state index contributed by atoms with van der Waals surface area (Å²) < 4.78 is 0. The Bertz CT molecular complexity index is 452. The van der Waals surface area contributed by atoms with E-state index in [0.717, 1.165) is 12.8 Å². The number of benzene rings is 1. The molecule has 2 rings (SSSR count). The summed E-state index contributed by atoms with van der Waals surface area (Å²) in [5.74, 6) is -1.21. The molecule has 1 N–H and O–H groups in total. The minimum atomic E-state index is -1.02. The van der Waals surface area contributed by atoms with Crippen molar-refractivity contribution in [1.82, 2.24) is 5.06 Å². The Kier molecular flexibility index (Phi) is 3.94. The fraction of sp³-hybridized carbons (Fsp3) is 0.385. The van der Waals surface area contributed by atoms with E-state index < -0.39 is 5.97 Å². The third kappa shape index (κ3) is 2.87.